The van der Waals surface area contributed by atoms with Crippen LogP contribution in [0.15, 0.2) is 6.07 Å². The Morgan fingerprint density at radius 2 is 2.05 bits per heavy atom. The average Bonchev–Trinajstić information content (AvgIpc) is 2.46. The lowest BCUT2D eigenvalue weighted by molar-refractivity contribution is -0.153. The summed E-state index contributed by atoms with van der Waals surface area (Å²) in [6.07, 6.45) is -0.799. The van der Waals surface area contributed by atoms with E-state index in [9.17, 15) is 9.90 Å². The lowest BCUT2D eigenvalue weighted by atomic mass is 9.98. The first-order valence-corrected chi connectivity index (χ1v) is 6.93. The van der Waals surface area contributed by atoms with Gasteiger partial charge in [0.2, 0.25) is 0 Å². The van der Waals surface area contributed by atoms with Crippen molar-refractivity contribution in [1.29, 1.82) is 0 Å². The van der Waals surface area contributed by atoms with Gasteiger partial charge in [-0.05, 0) is 19.4 Å². The predicted octanol–water partition coefficient (Wildman–Crippen LogP) is 2.27. The first-order valence-electron chi connectivity index (χ1n) is 6.55. The van der Waals surface area contributed by atoms with E-state index in [-0.39, 0.29) is 6.61 Å². The summed E-state index contributed by atoms with van der Waals surface area (Å²) in [4.78, 5) is 11.7. The van der Waals surface area contributed by atoms with Crippen molar-refractivity contribution in [2.45, 2.75) is 26.4 Å². The minimum absolute atomic E-state index is 0.204. The lowest BCUT2D eigenvalue weighted by Crippen LogP contribution is -2.21. The molecule has 5 nitrogen and oxygen atoms in total. The first kappa shape index (κ1) is 14.9. The highest BCUT2D eigenvalue weighted by molar-refractivity contribution is 6.32. The largest absolute Gasteiger partial charge is 0.486 e. The Balaban J connectivity index is 2.47. The van der Waals surface area contributed by atoms with Crippen molar-refractivity contribution in [3.05, 3.63) is 22.2 Å². The smallest absolute Gasteiger partial charge is 0.339 e. The summed E-state index contributed by atoms with van der Waals surface area (Å²) in [5.41, 5.74) is 1.12. The molecule has 110 valence electrons. The predicted molar refractivity (Wildman–Crippen MR) is 73.4 cm³/mol. The molecule has 1 aliphatic rings. The van der Waals surface area contributed by atoms with Crippen LogP contribution in [0.1, 0.15) is 31.1 Å². The van der Waals surface area contributed by atoms with Crippen molar-refractivity contribution < 1.29 is 24.1 Å². The summed E-state index contributed by atoms with van der Waals surface area (Å²) in [5.74, 6) is 0.272. The van der Waals surface area contributed by atoms with E-state index in [0.717, 1.165) is 0 Å². The quantitative estimate of drug-likeness (QED) is 0.864. The molecule has 1 aromatic rings. The topological polar surface area (TPSA) is 65.0 Å². The average molecular weight is 301 g/mol. The highest BCUT2D eigenvalue weighted by Crippen LogP contribution is 2.44. The van der Waals surface area contributed by atoms with E-state index in [1.807, 2.05) is 6.92 Å². The van der Waals surface area contributed by atoms with E-state index in [1.54, 1.807) is 6.92 Å². The van der Waals surface area contributed by atoms with Gasteiger partial charge < -0.3 is 19.3 Å². The molecule has 6 heteroatoms. The molecule has 0 bridgehead atoms. The van der Waals surface area contributed by atoms with Gasteiger partial charge in [0.25, 0.3) is 0 Å². The van der Waals surface area contributed by atoms with Crippen LogP contribution in [0.2, 0.25) is 5.02 Å². The molecule has 1 heterocycles. The lowest BCUT2D eigenvalue weighted by Gasteiger charge is -2.25. The van der Waals surface area contributed by atoms with Crippen LogP contribution in [-0.2, 0) is 16.0 Å². The molecule has 1 aliphatic heterocycles. The van der Waals surface area contributed by atoms with Crippen LogP contribution in [0.25, 0.3) is 0 Å². The van der Waals surface area contributed by atoms with Crippen molar-refractivity contribution in [1.82, 2.24) is 0 Å². The number of fused-ring (bicyclic) bond motifs is 1. The fourth-order valence-corrected chi connectivity index (χ4v) is 2.46. The van der Waals surface area contributed by atoms with E-state index >= 15 is 0 Å². The van der Waals surface area contributed by atoms with E-state index < -0.39 is 12.1 Å². The van der Waals surface area contributed by atoms with Gasteiger partial charge in [0.15, 0.2) is 17.6 Å². The van der Waals surface area contributed by atoms with Crippen LogP contribution < -0.4 is 9.47 Å². The van der Waals surface area contributed by atoms with Crippen LogP contribution in [-0.4, -0.2) is 30.9 Å². The molecule has 0 radical (unpaired) electrons. The first-order chi connectivity index (χ1) is 9.60. The maximum atomic E-state index is 11.7. The third-order valence-corrected chi connectivity index (χ3v) is 3.34. The highest BCUT2D eigenvalue weighted by atomic mass is 35.5. The summed E-state index contributed by atoms with van der Waals surface area (Å²) < 4.78 is 15.9. The molecule has 0 aliphatic carbocycles. The van der Waals surface area contributed by atoms with Crippen molar-refractivity contribution in [2.24, 2.45) is 0 Å². The summed E-state index contributed by atoms with van der Waals surface area (Å²) in [5, 5.41) is 10.4. The van der Waals surface area contributed by atoms with Gasteiger partial charge in [-0.25, -0.2) is 4.79 Å². The van der Waals surface area contributed by atoms with E-state index in [4.69, 9.17) is 25.8 Å². The zero-order chi connectivity index (χ0) is 14.7. The van der Waals surface area contributed by atoms with Crippen molar-refractivity contribution in [2.75, 3.05) is 19.8 Å². The minimum atomic E-state index is -1.38. The number of aliphatic hydroxyl groups excluding tert-OH is 1. The number of rotatable bonds is 4. The third-order valence-electron chi connectivity index (χ3n) is 3.06. The number of hydrogen-bond donors (Lipinski definition) is 1. The van der Waals surface area contributed by atoms with Gasteiger partial charge in [0.05, 0.1) is 11.6 Å². The summed E-state index contributed by atoms with van der Waals surface area (Å²) in [7, 11) is 0. The summed E-state index contributed by atoms with van der Waals surface area (Å²) >= 11 is 6.13. The van der Waals surface area contributed by atoms with E-state index in [0.29, 0.717) is 47.3 Å². The molecule has 1 aromatic carbocycles. The number of halogens is 1. The number of benzene rings is 1. The Morgan fingerprint density at radius 3 is 2.65 bits per heavy atom. The molecule has 1 N–H and O–H groups in total. The Morgan fingerprint density at radius 1 is 1.40 bits per heavy atom. The van der Waals surface area contributed by atoms with Crippen molar-refractivity contribution >= 4 is 17.6 Å². The fourth-order valence-electron chi connectivity index (χ4n) is 2.20. The molecule has 1 atom stereocenters. The molecular weight excluding hydrogens is 284 g/mol. The standard InChI is InChI=1S/C14H17ClO5/c1-3-8-9(11(16)14(17)18-4-2)7-10(15)13-12(8)19-5-6-20-13/h7,11,16H,3-6H2,1-2H3. The minimum Gasteiger partial charge on any atom is -0.486 e. The zero-order valence-corrected chi connectivity index (χ0v) is 12.2. The van der Waals surface area contributed by atoms with Gasteiger partial charge in [-0.15, -0.1) is 0 Å². The number of aliphatic hydroxyl groups is 1. The second kappa shape index (κ2) is 6.33. The Bertz CT molecular complexity index is 515. The number of carbonyl (C=O) groups is 1. The van der Waals surface area contributed by atoms with Crippen molar-refractivity contribution in [3.8, 4) is 11.5 Å². The maximum absolute atomic E-state index is 11.7. The molecular formula is C14H17ClO5. The second-order valence-electron chi connectivity index (χ2n) is 4.29. The SMILES string of the molecule is CCOC(=O)C(O)c1cc(Cl)c2c(c1CC)OCCO2. The highest BCUT2D eigenvalue weighted by Gasteiger charge is 2.28. The zero-order valence-electron chi connectivity index (χ0n) is 11.4. The fraction of sp³-hybridized carbons (Fsp3) is 0.500. The Kier molecular flexibility index (Phi) is 4.73. The van der Waals surface area contributed by atoms with Crippen LogP contribution in [0.4, 0.5) is 0 Å². The van der Waals surface area contributed by atoms with Crippen LogP contribution in [0, 0.1) is 0 Å². The second-order valence-corrected chi connectivity index (χ2v) is 4.70. The molecule has 0 spiro atoms. The summed E-state index contributed by atoms with van der Waals surface area (Å²) in [6.45, 7) is 4.63. The molecule has 0 fully saturated rings. The monoisotopic (exact) mass is 300 g/mol. The molecule has 0 saturated carbocycles. The van der Waals surface area contributed by atoms with Gasteiger partial charge in [0.1, 0.15) is 13.2 Å². The molecule has 0 amide bonds. The number of carbonyl (C=O) groups excluding carboxylic acids is 1. The number of esters is 1. The van der Waals surface area contributed by atoms with Crippen LogP contribution in [0.5, 0.6) is 11.5 Å². The van der Waals surface area contributed by atoms with Gasteiger partial charge in [0, 0.05) is 11.1 Å². The van der Waals surface area contributed by atoms with Gasteiger partial charge >= 0.3 is 5.97 Å². The van der Waals surface area contributed by atoms with Gasteiger partial charge in [-0.1, -0.05) is 18.5 Å². The third kappa shape index (κ3) is 2.69. The molecule has 2 rings (SSSR count). The maximum Gasteiger partial charge on any atom is 0.339 e. The Hall–Kier alpha value is -1.46. The van der Waals surface area contributed by atoms with E-state index in [1.165, 1.54) is 6.07 Å². The van der Waals surface area contributed by atoms with Gasteiger partial charge in [-0.3, -0.25) is 0 Å². The van der Waals surface area contributed by atoms with Crippen LogP contribution >= 0.6 is 11.6 Å². The normalized spacial score (nSPS) is 14.8. The number of hydrogen-bond acceptors (Lipinski definition) is 5. The molecule has 0 aromatic heterocycles. The molecule has 0 saturated heterocycles. The van der Waals surface area contributed by atoms with Gasteiger partial charge in [-0.2, -0.15) is 0 Å². The van der Waals surface area contributed by atoms with Crippen LogP contribution in [0.3, 0.4) is 0 Å². The van der Waals surface area contributed by atoms with E-state index in [2.05, 4.69) is 0 Å². The Labute approximate surface area is 122 Å². The molecule has 20 heavy (non-hydrogen) atoms. The molecule has 1 unspecified atom stereocenters. The van der Waals surface area contributed by atoms with Crippen molar-refractivity contribution in [3.63, 3.8) is 0 Å². The number of ether oxygens (including phenoxy) is 3. The summed E-state index contributed by atoms with van der Waals surface area (Å²) in [6, 6.07) is 1.54.